The number of allylic oxidation sites excluding steroid dienone is 1. The van der Waals surface area contributed by atoms with Crippen molar-refractivity contribution in [3.8, 4) is 0 Å². The molecule has 0 aliphatic carbocycles. The number of amides is 2. The fraction of sp³-hybridized carbons (Fsp3) is 0.731. The van der Waals surface area contributed by atoms with E-state index in [2.05, 4.69) is 18.2 Å². The molecule has 4 aliphatic heterocycles. The van der Waals surface area contributed by atoms with Gasteiger partial charge in [-0.2, -0.15) is 0 Å². The van der Waals surface area contributed by atoms with Crippen LogP contribution in [0.25, 0.3) is 0 Å². The van der Waals surface area contributed by atoms with Gasteiger partial charge in [-0.15, -0.1) is 11.8 Å². The lowest BCUT2D eigenvalue weighted by atomic mass is 9.78. The Morgan fingerprint density at radius 2 is 1.91 bits per heavy atom. The summed E-state index contributed by atoms with van der Waals surface area (Å²) in [6, 6.07) is -0.599. The largest absolute Gasteiger partial charge is 0.465 e. The van der Waals surface area contributed by atoms with E-state index in [1.165, 1.54) is 0 Å². The number of ether oxygens (including phenoxy) is 1. The first-order chi connectivity index (χ1) is 16.4. The highest BCUT2D eigenvalue weighted by atomic mass is 32.2. The number of fused-ring (bicyclic) bond motifs is 2. The number of thioether (sulfide) groups is 1. The van der Waals surface area contributed by atoms with E-state index >= 15 is 0 Å². The minimum atomic E-state index is -0.768. The second-order valence-electron chi connectivity index (χ2n) is 10.1. The third kappa shape index (κ3) is 4.55. The number of nitrogens with zero attached hydrogens (tertiary/aromatic N) is 2. The molecule has 188 valence electrons. The van der Waals surface area contributed by atoms with Gasteiger partial charge in [0.15, 0.2) is 0 Å². The third-order valence-corrected chi connectivity index (χ3v) is 9.31. The SMILES string of the molecule is CC(C)N1CC=C[C@]23S[C@H]4/C=C\CCCCOC(=O)[C@H]4[C@H]2C(=O)N(CCCCCCO)C3C1=O. The molecule has 1 unspecified atom stereocenters. The summed E-state index contributed by atoms with van der Waals surface area (Å²) in [4.78, 5) is 44.8. The van der Waals surface area contributed by atoms with Gasteiger partial charge in [0.2, 0.25) is 11.8 Å². The van der Waals surface area contributed by atoms with Crippen LogP contribution in [0, 0.1) is 11.8 Å². The molecule has 2 amide bonds. The van der Waals surface area contributed by atoms with Crippen molar-refractivity contribution < 1.29 is 24.2 Å². The predicted molar refractivity (Wildman–Crippen MR) is 132 cm³/mol. The van der Waals surface area contributed by atoms with Gasteiger partial charge in [-0.1, -0.05) is 37.1 Å². The Hall–Kier alpha value is -1.80. The molecule has 7 nitrogen and oxygen atoms in total. The van der Waals surface area contributed by atoms with Gasteiger partial charge in [-0.3, -0.25) is 14.4 Å². The number of likely N-dealkylation sites (tertiary alicyclic amines) is 1. The maximum Gasteiger partial charge on any atom is 0.311 e. The van der Waals surface area contributed by atoms with Crippen LogP contribution in [0.4, 0.5) is 0 Å². The first-order valence-corrected chi connectivity index (χ1v) is 13.7. The molecule has 4 aliphatic rings. The van der Waals surface area contributed by atoms with Crippen LogP contribution in [0.3, 0.4) is 0 Å². The van der Waals surface area contributed by atoms with Crippen LogP contribution < -0.4 is 0 Å². The molecule has 8 heteroatoms. The molecule has 0 aromatic carbocycles. The number of aliphatic hydroxyl groups excluding tert-OH is 1. The molecule has 5 atom stereocenters. The Kier molecular flexibility index (Phi) is 8.08. The number of unbranched alkanes of at least 4 members (excludes halogenated alkanes) is 3. The first kappa shape index (κ1) is 25.3. The van der Waals surface area contributed by atoms with E-state index in [9.17, 15) is 14.4 Å². The number of carbonyl (C=O) groups is 3. The van der Waals surface area contributed by atoms with E-state index in [4.69, 9.17) is 9.84 Å². The first-order valence-electron chi connectivity index (χ1n) is 12.8. The van der Waals surface area contributed by atoms with Crippen molar-refractivity contribution in [2.75, 3.05) is 26.3 Å². The molecule has 34 heavy (non-hydrogen) atoms. The average Bonchev–Trinajstić information content (AvgIpc) is 3.18. The maximum atomic E-state index is 14.0. The van der Waals surface area contributed by atoms with Crippen molar-refractivity contribution >= 4 is 29.5 Å². The van der Waals surface area contributed by atoms with Crippen LogP contribution in [0.2, 0.25) is 0 Å². The molecular weight excluding hydrogens is 452 g/mol. The molecule has 0 aromatic rings. The lowest BCUT2D eigenvalue weighted by Gasteiger charge is -2.36. The van der Waals surface area contributed by atoms with Crippen molar-refractivity contribution in [1.29, 1.82) is 0 Å². The summed E-state index contributed by atoms with van der Waals surface area (Å²) in [5.74, 6) is -1.63. The van der Waals surface area contributed by atoms with E-state index in [0.717, 1.165) is 44.9 Å². The van der Waals surface area contributed by atoms with Gasteiger partial charge in [0.1, 0.15) is 6.04 Å². The number of esters is 1. The Morgan fingerprint density at radius 1 is 1.12 bits per heavy atom. The summed E-state index contributed by atoms with van der Waals surface area (Å²) < 4.78 is 4.88. The van der Waals surface area contributed by atoms with Gasteiger partial charge in [-0.25, -0.2) is 0 Å². The minimum absolute atomic E-state index is 0.0184. The molecule has 0 radical (unpaired) electrons. The lowest BCUT2D eigenvalue weighted by molar-refractivity contribution is -0.153. The molecule has 1 spiro atoms. The summed E-state index contributed by atoms with van der Waals surface area (Å²) in [7, 11) is 0. The van der Waals surface area contributed by atoms with Gasteiger partial charge in [-0.05, 0) is 46.0 Å². The van der Waals surface area contributed by atoms with Crippen molar-refractivity contribution in [1.82, 2.24) is 9.80 Å². The van der Waals surface area contributed by atoms with Crippen LogP contribution in [-0.4, -0.2) is 81.1 Å². The van der Waals surface area contributed by atoms with Crippen molar-refractivity contribution in [3.63, 3.8) is 0 Å². The van der Waals surface area contributed by atoms with Crippen LogP contribution in [0.1, 0.15) is 58.8 Å². The molecule has 0 aromatic heterocycles. The van der Waals surface area contributed by atoms with Crippen LogP contribution in [0.5, 0.6) is 0 Å². The van der Waals surface area contributed by atoms with Crippen molar-refractivity contribution in [3.05, 3.63) is 24.3 Å². The normalized spacial score (nSPS) is 34.5. The van der Waals surface area contributed by atoms with Crippen LogP contribution >= 0.6 is 11.8 Å². The molecule has 2 saturated heterocycles. The molecule has 4 rings (SSSR count). The third-order valence-electron chi connectivity index (χ3n) is 7.56. The van der Waals surface area contributed by atoms with E-state index in [1.54, 1.807) is 16.7 Å². The number of hydrogen-bond donors (Lipinski definition) is 1. The topological polar surface area (TPSA) is 87.2 Å². The fourth-order valence-corrected chi connectivity index (χ4v) is 7.89. The summed E-state index contributed by atoms with van der Waals surface area (Å²) in [5.41, 5.74) is 0. The zero-order valence-electron chi connectivity index (χ0n) is 20.4. The van der Waals surface area contributed by atoms with Crippen LogP contribution in [-0.2, 0) is 19.1 Å². The van der Waals surface area contributed by atoms with E-state index in [1.807, 2.05) is 24.8 Å². The maximum absolute atomic E-state index is 14.0. The summed E-state index contributed by atoms with van der Waals surface area (Å²) in [6.45, 7) is 5.54. The molecule has 0 saturated carbocycles. The zero-order chi connectivity index (χ0) is 24.3. The highest BCUT2D eigenvalue weighted by Crippen LogP contribution is 2.60. The number of cyclic esters (lactones) is 1. The number of carbonyl (C=O) groups excluding carboxylic acids is 3. The standard InChI is InChI=1S/C26H38N2O5S/c1-18(2)27-15-11-13-26-21(20-19(34-26)12-7-3-6-10-17-33-25(20)32)23(30)28(22(26)24(27)31)14-8-4-5-9-16-29/h7,11-13,18-22,29H,3-6,8-10,14-17H2,1-2H3/b12-7-/t19-,20+,21-,22?,26-/m0/s1. The molecule has 2 fully saturated rings. The summed E-state index contributed by atoms with van der Waals surface area (Å²) in [5, 5.41) is 8.89. The number of rotatable bonds is 7. The van der Waals surface area contributed by atoms with Gasteiger partial charge in [0.25, 0.3) is 0 Å². The Morgan fingerprint density at radius 3 is 2.68 bits per heavy atom. The Labute approximate surface area is 206 Å². The lowest BCUT2D eigenvalue weighted by Crippen LogP contribution is -2.54. The van der Waals surface area contributed by atoms with Gasteiger partial charge >= 0.3 is 5.97 Å². The predicted octanol–water partition coefficient (Wildman–Crippen LogP) is 2.93. The Bertz CT molecular complexity index is 843. The highest BCUT2D eigenvalue weighted by molar-refractivity contribution is 8.02. The fourth-order valence-electron chi connectivity index (χ4n) is 5.89. The Balaban J connectivity index is 1.71. The number of hydrogen-bond acceptors (Lipinski definition) is 6. The van der Waals surface area contributed by atoms with E-state index in [-0.39, 0.29) is 35.7 Å². The second kappa shape index (κ2) is 10.9. The second-order valence-corrected chi connectivity index (χ2v) is 11.6. The molecular formula is C26H38N2O5S. The van der Waals surface area contributed by atoms with Crippen LogP contribution in [0.15, 0.2) is 24.3 Å². The zero-order valence-corrected chi connectivity index (χ0v) is 21.2. The highest BCUT2D eigenvalue weighted by Gasteiger charge is 2.70. The molecule has 0 bridgehead atoms. The van der Waals surface area contributed by atoms with Gasteiger partial charge < -0.3 is 19.6 Å². The average molecular weight is 491 g/mol. The smallest absolute Gasteiger partial charge is 0.311 e. The summed E-state index contributed by atoms with van der Waals surface area (Å²) >= 11 is 1.61. The van der Waals surface area contributed by atoms with E-state index in [0.29, 0.717) is 19.7 Å². The quantitative estimate of drug-likeness (QED) is 0.335. The molecule has 4 heterocycles. The summed E-state index contributed by atoms with van der Waals surface area (Å²) in [6.07, 6.45) is 14.3. The van der Waals surface area contributed by atoms with Gasteiger partial charge in [0, 0.05) is 31.0 Å². The van der Waals surface area contributed by atoms with Crippen molar-refractivity contribution in [2.45, 2.75) is 80.9 Å². The monoisotopic (exact) mass is 490 g/mol. The molecule has 1 N–H and O–H groups in total. The number of aliphatic hydroxyl groups is 1. The van der Waals surface area contributed by atoms with E-state index < -0.39 is 22.6 Å². The minimum Gasteiger partial charge on any atom is -0.465 e. The van der Waals surface area contributed by atoms with Crippen molar-refractivity contribution in [2.24, 2.45) is 11.8 Å². The van der Waals surface area contributed by atoms with Gasteiger partial charge in [0.05, 0.1) is 23.2 Å².